The molecule has 2 atom stereocenters. The Morgan fingerprint density at radius 3 is 2.32 bits per heavy atom. The molecule has 12 heteroatoms. The van der Waals surface area contributed by atoms with E-state index in [0.717, 1.165) is 17.7 Å². The van der Waals surface area contributed by atoms with Crippen molar-refractivity contribution in [3.63, 3.8) is 0 Å². The Hall–Kier alpha value is -3.77. The molecule has 9 nitrogen and oxygen atoms in total. The molecule has 180 valence electrons. The Labute approximate surface area is 192 Å². The second kappa shape index (κ2) is 10.9. The van der Waals surface area contributed by atoms with Gasteiger partial charge in [-0.15, -0.1) is 5.10 Å². The quantitative estimate of drug-likeness (QED) is 0.304. The largest absolute Gasteiger partial charge is 0.490 e. The number of nitrogens with one attached hydrogen (secondary N) is 2. The van der Waals surface area contributed by atoms with Gasteiger partial charge >= 0.3 is 12.1 Å². The Morgan fingerprint density at radius 1 is 1.09 bits per heavy atom. The van der Waals surface area contributed by atoms with E-state index < -0.39 is 18.1 Å². The van der Waals surface area contributed by atoms with Crippen LogP contribution in [0.25, 0.3) is 0 Å². The summed E-state index contributed by atoms with van der Waals surface area (Å²) in [6.45, 7) is 1.27. The van der Waals surface area contributed by atoms with Gasteiger partial charge in [0.25, 0.3) is 5.91 Å². The number of alkyl halides is 3. The minimum atomic E-state index is -5.08. The van der Waals surface area contributed by atoms with Crippen molar-refractivity contribution in [3.8, 4) is 0 Å². The van der Waals surface area contributed by atoms with Crippen LogP contribution in [0.3, 0.4) is 0 Å². The number of hydrogen-bond donors (Lipinski definition) is 4. The summed E-state index contributed by atoms with van der Waals surface area (Å²) in [5, 5.41) is 27.7. The molecule has 0 spiro atoms. The van der Waals surface area contributed by atoms with Crippen molar-refractivity contribution in [3.05, 3.63) is 83.2 Å². The van der Waals surface area contributed by atoms with Gasteiger partial charge in [0.2, 0.25) is 0 Å². The monoisotopic (exact) mass is 477 g/mol. The number of benzene rings is 2. The van der Waals surface area contributed by atoms with Gasteiger partial charge in [0.15, 0.2) is 0 Å². The molecule has 1 aliphatic carbocycles. The van der Waals surface area contributed by atoms with Gasteiger partial charge in [-0.1, -0.05) is 47.7 Å². The van der Waals surface area contributed by atoms with Gasteiger partial charge in [-0.05, 0) is 29.7 Å². The molecule has 1 heterocycles. The Balaban J connectivity index is 0.000000406. The maximum absolute atomic E-state index is 11.3. The second-order valence-corrected chi connectivity index (χ2v) is 7.59. The highest BCUT2D eigenvalue weighted by Gasteiger charge is 2.38. The zero-order valence-electron chi connectivity index (χ0n) is 17.7. The molecule has 0 bridgehead atoms. The third-order valence-electron chi connectivity index (χ3n) is 5.05. The lowest BCUT2D eigenvalue weighted by Gasteiger charge is -2.03. The zero-order valence-corrected chi connectivity index (χ0v) is 17.7. The van der Waals surface area contributed by atoms with Gasteiger partial charge in [-0.2, -0.15) is 13.2 Å². The van der Waals surface area contributed by atoms with Gasteiger partial charge in [-0.25, -0.2) is 15.0 Å². The highest BCUT2D eigenvalue weighted by atomic mass is 19.4. The summed E-state index contributed by atoms with van der Waals surface area (Å²) in [7, 11) is 0. The topological polar surface area (TPSA) is 129 Å². The molecule has 1 aliphatic rings. The number of carbonyl (C=O) groups excluding carboxylic acids is 1. The van der Waals surface area contributed by atoms with Crippen molar-refractivity contribution in [2.24, 2.45) is 0 Å². The van der Waals surface area contributed by atoms with Gasteiger partial charge in [0.1, 0.15) is 0 Å². The molecule has 1 fully saturated rings. The van der Waals surface area contributed by atoms with Crippen molar-refractivity contribution in [2.45, 2.75) is 37.6 Å². The number of hydrogen-bond acceptors (Lipinski definition) is 6. The first-order valence-corrected chi connectivity index (χ1v) is 10.2. The summed E-state index contributed by atoms with van der Waals surface area (Å²) in [5.41, 5.74) is 5.32. The zero-order chi connectivity index (χ0) is 24.7. The third-order valence-corrected chi connectivity index (χ3v) is 5.05. The molecule has 1 aromatic heterocycles. The fourth-order valence-electron chi connectivity index (χ4n) is 3.23. The van der Waals surface area contributed by atoms with Crippen LogP contribution in [0.4, 0.5) is 13.2 Å². The highest BCUT2D eigenvalue weighted by molar-refractivity contribution is 5.93. The van der Waals surface area contributed by atoms with Crippen molar-refractivity contribution in [1.82, 2.24) is 25.8 Å². The van der Waals surface area contributed by atoms with Crippen LogP contribution >= 0.6 is 0 Å². The minimum absolute atomic E-state index is 0.405. The van der Waals surface area contributed by atoms with Gasteiger partial charge in [0.05, 0.1) is 18.4 Å². The van der Waals surface area contributed by atoms with Crippen LogP contribution in [0.15, 0.2) is 60.8 Å². The van der Waals surface area contributed by atoms with Crippen molar-refractivity contribution in [1.29, 1.82) is 0 Å². The van der Waals surface area contributed by atoms with E-state index >= 15 is 0 Å². The molecule has 34 heavy (non-hydrogen) atoms. The minimum Gasteiger partial charge on any atom is -0.475 e. The molecule has 1 amide bonds. The SMILES string of the molecule is O=C(NO)c1ccc(Cn2cc(CNC3CC3c3ccccc3)nn2)cc1.O=C(O)C(F)(F)F. The maximum atomic E-state index is 11.3. The number of amides is 1. The average Bonchev–Trinajstić information content (AvgIpc) is 3.47. The van der Waals surface area contributed by atoms with Gasteiger partial charge in [0, 0.05) is 24.1 Å². The van der Waals surface area contributed by atoms with Crippen molar-refractivity contribution in [2.75, 3.05) is 0 Å². The van der Waals surface area contributed by atoms with Crippen LogP contribution < -0.4 is 10.8 Å². The predicted molar refractivity (Wildman–Crippen MR) is 113 cm³/mol. The molecule has 0 radical (unpaired) electrons. The Morgan fingerprint density at radius 2 is 1.74 bits per heavy atom. The molecule has 0 aliphatic heterocycles. The van der Waals surface area contributed by atoms with E-state index in [1.165, 1.54) is 5.56 Å². The molecule has 2 aromatic carbocycles. The number of hydroxylamine groups is 1. The first-order chi connectivity index (χ1) is 16.2. The van der Waals surface area contributed by atoms with Crippen LogP contribution in [-0.2, 0) is 17.9 Å². The van der Waals surface area contributed by atoms with Crippen molar-refractivity contribution >= 4 is 11.9 Å². The fourth-order valence-corrected chi connectivity index (χ4v) is 3.23. The number of aromatic nitrogens is 3. The lowest BCUT2D eigenvalue weighted by molar-refractivity contribution is -0.192. The number of carbonyl (C=O) groups is 2. The van der Waals surface area contributed by atoms with Crippen LogP contribution in [0, 0.1) is 0 Å². The normalized spacial score (nSPS) is 16.8. The molecular formula is C22H22F3N5O4. The molecule has 2 unspecified atom stereocenters. The number of halogens is 3. The first kappa shape index (κ1) is 24.9. The number of carboxylic acid groups (broad SMARTS) is 1. The standard InChI is InChI=1S/C20H21N5O2.C2HF3O2/c26-20(23-27)16-8-6-14(7-9-16)12-25-13-17(22-24-25)11-21-19-10-18(19)15-4-2-1-3-5-15;3-2(4,5)1(6)7/h1-9,13,18-19,21,27H,10-12H2,(H,23,26);(H,6,7). The van der Waals surface area contributed by atoms with E-state index in [4.69, 9.17) is 15.1 Å². The number of nitrogens with zero attached hydrogens (tertiary/aromatic N) is 3. The maximum Gasteiger partial charge on any atom is 0.490 e. The lowest BCUT2D eigenvalue weighted by Crippen LogP contribution is -2.21. The number of carboxylic acids is 1. The van der Waals surface area contributed by atoms with Crippen LogP contribution in [0.1, 0.15) is 39.5 Å². The van der Waals surface area contributed by atoms with Gasteiger partial charge in [-0.3, -0.25) is 10.0 Å². The van der Waals surface area contributed by atoms with Crippen LogP contribution in [0.2, 0.25) is 0 Å². The average molecular weight is 477 g/mol. The van der Waals surface area contributed by atoms with E-state index in [1.807, 2.05) is 24.4 Å². The van der Waals surface area contributed by atoms with Crippen LogP contribution in [-0.4, -0.2) is 49.4 Å². The number of rotatable bonds is 7. The molecule has 0 saturated heterocycles. The van der Waals surface area contributed by atoms with E-state index in [1.54, 1.807) is 22.3 Å². The van der Waals surface area contributed by atoms with E-state index in [-0.39, 0.29) is 0 Å². The molecular weight excluding hydrogens is 455 g/mol. The summed E-state index contributed by atoms with van der Waals surface area (Å²) >= 11 is 0. The van der Waals surface area contributed by atoms with E-state index in [2.05, 4.69) is 39.9 Å². The molecule has 1 saturated carbocycles. The predicted octanol–water partition coefficient (Wildman–Crippen LogP) is 2.72. The Bertz CT molecular complexity index is 1100. The number of aliphatic carboxylic acids is 1. The van der Waals surface area contributed by atoms with E-state index in [9.17, 15) is 18.0 Å². The Kier molecular flexibility index (Phi) is 7.97. The summed E-state index contributed by atoms with van der Waals surface area (Å²) in [6.07, 6.45) is -1.99. The second-order valence-electron chi connectivity index (χ2n) is 7.59. The molecule has 4 rings (SSSR count). The van der Waals surface area contributed by atoms with E-state index in [0.29, 0.717) is 30.6 Å². The summed E-state index contributed by atoms with van der Waals surface area (Å²) in [6, 6.07) is 18.1. The third kappa shape index (κ3) is 7.12. The highest BCUT2D eigenvalue weighted by Crippen LogP contribution is 2.40. The summed E-state index contributed by atoms with van der Waals surface area (Å²) in [5.74, 6) is -2.69. The smallest absolute Gasteiger partial charge is 0.475 e. The lowest BCUT2D eigenvalue weighted by atomic mass is 10.1. The fraction of sp³-hybridized carbons (Fsp3) is 0.273. The van der Waals surface area contributed by atoms with Gasteiger partial charge < -0.3 is 10.4 Å². The van der Waals surface area contributed by atoms with Crippen LogP contribution in [0.5, 0.6) is 0 Å². The molecule has 4 N–H and O–H groups in total. The summed E-state index contributed by atoms with van der Waals surface area (Å²) in [4.78, 5) is 20.2. The first-order valence-electron chi connectivity index (χ1n) is 10.2. The van der Waals surface area contributed by atoms with Crippen molar-refractivity contribution < 1.29 is 33.1 Å². The summed E-state index contributed by atoms with van der Waals surface area (Å²) < 4.78 is 33.5. The molecule has 3 aromatic rings.